The van der Waals surface area contributed by atoms with Crippen LogP contribution in [0.25, 0.3) is 22.5 Å². The minimum atomic E-state index is -0.952. The Morgan fingerprint density at radius 1 is 1.14 bits per heavy atom. The zero-order valence-electron chi connectivity index (χ0n) is 19.7. The molecule has 1 amide bonds. The van der Waals surface area contributed by atoms with E-state index < -0.39 is 11.9 Å². The smallest absolute Gasteiger partial charge is 0.407 e. The molecule has 184 valence electrons. The summed E-state index contributed by atoms with van der Waals surface area (Å²) in [5, 5.41) is 16.9. The third-order valence-corrected chi connectivity index (χ3v) is 6.05. The minimum Gasteiger partial charge on any atom is -0.465 e. The third kappa shape index (κ3) is 4.81. The van der Waals surface area contributed by atoms with E-state index in [1.54, 1.807) is 30.7 Å². The fourth-order valence-corrected chi connectivity index (χ4v) is 4.16. The van der Waals surface area contributed by atoms with Gasteiger partial charge in [-0.3, -0.25) is 9.67 Å². The average molecular weight is 489 g/mol. The molecule has 4 heterocycles. The monoisotopic (exact) mass is 488 g/mol. The van der Waals surface area contributed by atoms with Gasteiger partial charge in [-0.2, -0.15) is 5.10 Å². The number of aryl methyl sites for hydroxylation is 1. The van der Waals surface area contributed by atoms with Crippen LogP contribution in [0.1, 0.15) is 6.92 Å². The van der Waals surface area contributed by atoms with E-state index in [1.807, 2.05) is 40.9 Å². The van der Waals surface area contributed by atoms with Crippen molar-refractivity contribution in [2.45, 2.75) is 13.5 Å². The molecular weight excluding hydrogens is 463 g/mol. The zero-order valence-corrected chi connectivity index (χ0v) is 19.7. The number of anilines is 3. The van der Waals surface area contributed by atoms with Gasteiger partial charge in [-0.15, -0.1) is 0 Å². The molecule has 0 spiro atoms. The summed E-state index contributed by atoms with van der Waals surface area (Å²) in [6.07, 6.45) is 6.11. The van der Waals surface area contributed by atoms with Crippen molar-refractivity contribution in [2.24, 2.45) is 0 Å². The van der Waals surface area contributed by atoms with E-state index in [0.29, 0.717) is 55.7 Å². The lowest BCUT2D eigenvalue weighted by atomic mass is 10.1. The molecule has 36 heavy (non-hydrogen) atoms. The van der Waals surface area contributed by atoms with Gasteiger partial charge in [0.1, 0.15) is 11.5 Å². The number of hydrogen-bond acceptors (Lipinski definition) is 7. The molecule has 1 aromatic carbocycles. The lowest BCUT2D eigenvalue weighted by molar-refractivity contribution is 0.142. The highest BCUT2D eigenvalue weighted by Crippen LogP contribution is 2.30. The van der Waals surface area contributed by atoms with Gasteiger partial charge in [0.15, 0.2) is 0 Å². The standard InChI is InChI=1S/C25H25FN8O2/c1-2-34-16-19(23(31-34)17-4-3-8-27-15-17)21-7-9-28-24(30-21)29-18-5-6-22(20(26)14-18)32-10-12-33(13-11-32)25(35)36/h3-9,14-16H,2,10-13H2,1H3,(H,35,36)(H,28,29,30). The number of rotatable bonds is 6. The van der Waals surface area contributed by atoms with Crippen LogP contribution in [-0.2, 0) is 6.54 Å². The van der Waals surface area contributed by atoms with Crippen LogP contribution in [-0.4, -0.2) is 67.0 Å². The van der Waals surface area contributed by atoms with Crippen molar-refractivity contribution in [3.05, 3.63) is 67.0 Å². The van der Waals surface area contributed by atoms with Crippen molar-refractivity contribution in [3.8, 4) is 22.5 Å². The van der Waals surface area contributed by atoms with Crippen molar-refractivity contribution in [1.82, 2.24) is 29.6 Å². The van der Waals surface area contributed by atoms with E-state index in [4.69, 9.17) is 5.11 Å². The van der Waals surface area contributed by atoms with Gasteiger partial charge < -0.3 is 20.2 Å². The van der Waals surface area contributed by atoms with Crippen molar-refractivity contribution in [2.75, 3.05) is 36.4 Å². The van der Waals surface area contributed by atoms with Gasteiger partial charge in [-0.25, -0.2) is 19.2 Å². The quantitative estimate of drug-likeness (QED) is 0.417. The second-order valence-corrected chi connectivity index (χ2v) is 8.30. The number of benzene rings is 1. The minimum absolute atomic E-state index is 0.330. The van der Waals surface area contributed by atoms with Crippen molar-refractivity contribution in [1.29, 1.82) is 0 Å². The molecule has 10 nitrogen and oxygen atoms in total. The summed E-state index contributed by atoms with van der Waals surface area (Å²) in [7, 11) is 0. The number of carbonyl (C=O) groups is 1. The van der Waals surface area contributed by atoms with Gasteiger partial charge in [-0.1, -0.05) is 0 Å². The van der Waals surface area contributed by atoms with Crippen LogP contribution in [0, 0.1) is 5.82 Å². The van der Waals surface area contributed by atoms with Crippen LogP contribution in [0.2, 0.25) is 0 Å². The van der Waals surface area contributed by atoms with Gasteiger partial charge in [0.2, 0.25) is 5.95 Å². The summed E-state index contributed by atoms with van der Waals surface area (Å²) in [5.41, 5.74) is 4.13. The summed E-state index contributed by atoms with van der Waals surface area (Å²) in [6.45, 7) is 4.27. The first kappa shape index (κ1) is 23.2. The molecule has 1 fully saturated rings. The zero-order chi connectivity index (χ0) is 25.1. The predicted octanol–water partition coefficient (Wildman–Crippen LogP) is 4.10. The third-order valence-electron chi connectivity index (χ3n) is 6.05. The second kappa shape index (κ2) is 9.98. The molecular formula is C25H25FN8O2. The van der Waals surface area contributed by atoms with E-state index in [9.17, 15) is 9.18 Å². The number of piperazine rings is 1. The molecule has 0 radical (unpaired) electrons. The van der Waals surface area contributed by atoms with E-state index in [2.05, 4.69) is 25.4 Å². The Bertz CT molecular complexity index is 1370. The van der Waals surface area contributed by atoms with Crippen molar-refractivity contribution in [3.63, 3.8) is 0 Å². The van der Waals surface area contributed by atoms with E-state index in [0.717, 1.165) is 16.8 Å². The molecule has 3 aromatic heterocycles. The Hall–Kier alpha value is -4.54. The van der Waals surface area contributed by atoms with Crippen LogP contribution in [0.5, 0.6) is 0 Å². The maximum absolute atomic E-state index is 15.0. The fraction of sp³-hybridized carbons (Fsp3) is 0.240. The predicted molar refractivity (Wildman–Crippen MR) is 134 cm³/mol. The molecule has 0 saturated carbocycles. The first-order chi connectivity index (χ1) is 17.5. The molecule has 4 aromatic rings. The SMILES string of the molecule is CCn1cc(-c2ccnc(Nc3ccc(N4CCN(C(=O)O)CC4)c(F)c3)n2)c(-c2cccnc2)n1. The number of carboxylic acid groups (broad SMARTS) is 1. The summed E-state index contributed by atoms with van der Waals surface area (Å²) >= 11 is 0. The molecule has 1 aliphatic rings. The molecule has 11 heteroatoms. The van der Waals surface area contributed by atoms with E-state index in [1.165, 1.54) is 11.0 Å². The van der Waals surface area contributed by atoms with E-state index in [-0.39, 0.29) is 0 Å². The summed E-state index contributed by atoms with van der Waals surface area (Å²) in [4.78, 5) is 27.4. The first-order valence-corrected chi connectivity index (χ1v) is 11.6. The molecule has 1 aliphatic heterocycles. The van der Waals surface area contributed by atoms with Crippen molar-refractivity contribution < 1.29 is 14.3 Å². The highest BCUT2D eigenvalue weighted by atomic mass is 19.1. The van der Waals surface area contributed by atoms with Crippen LogP contribution in [0.3, 0.4) is 0 Å². The van der Waals surface area contributed by atoms with Crippen LogP contribution >= 0.6 is 0 Å². The maximum atomic E-state index is 15.0. The van der Waals surface area contributed by atoms with Gasteiger partial charge in [-0.05, 0) is 43.3 Å². The summed E-state index contributed by atoms with van der Waals surface area (Å²) in [5.74, 6) is -0.0703. The number of halogens is 1. The fourth-order valence-electron chi connectivity index (χ4n) is 4.16. The number of amides is 1. The largest absolute Gasteiger partial charge is 0.465 e. The molecule has 2 N–H and O–H groups in total. The van der Waals surface area contributed by atoms with Gasteiger partial charge in [0.05, 0.1) is 11.4 Å². The lowest BCUT2D eigenvalue weighted by Gasteiger charge is -2.34. The summed E-state index contributed by atoms with van der Waals surface area (Å²) in [6, 6.07) is 10.5. The molecule has 0 bridgehead atoms. The van der Waals surface area contributed by atoms with E-state index >= 15 is 0 Å². The van der Waals surface area contributed by atoms with Crippen LogP contribution in [0.15, 0.2) is 61.2 Å². The number of nitrogens with one attached hydrogen (secondary N) is 1. The van der Waals surface area contributed by atoms with Crippen LogP contribution < -0.4 is 10.2 Å². The Balaban J connectivity index is 1.36. The Labute approximate surface area is 207 Å². The molecule has 0 atom stereocenters. The second-order valence-electron chi connectivity index (χ2n) is 8.30. The normalized spacial score (nSPS) is 13.6. The maximum Gasteiger partial charge on any atom is 0.407 e. The molecule has 5 rings (SSSR count). The lowest BCUT2D eigenvalue weighted by Crippen LogP contribution is -2.48. The number of aromatic nitrogens is 5. The average Bonchev–Trinajstić information content (AvgIpc) is 3.34. The van der Waals surface area contributed by atoms with Gasteiger partial charge in [0, 0.05) is 74.3 Å². The highest BCUT2D eigenvalue weighted by Gasteiger charge is 2.22. The molecule has 0 unspecified atom stereocenters. The number of pyridine rings is 1. The number of hydrogen-bond donors (Lipinski definition) is 2. The Kier molecular flexibility index (Phi) is 6.44. The molecule has 0 aliphatic carbocycles. The molecule has 1 saturated heterocycles. The Morgan fingerprint density at radius 2 is 1.97 bits per heavy atom. The van der Waals surface area contributed by atoms with Crippen molar-refractivity contribution >= 4 is 23.4 Å². The van der Waals surface area contributed by atoms with Gasteiger partial charge >= 0.3 is 6.09 Å². The van der Waals surface area contributed by atoms with Crippen LogP contribution in [0.4, 0.5) is 26.5 Å². The first-order valence-electron chi connectivity index (χ1n) is 11.6. The topological polar surface area (TPSA) is 112 Å². The Morgan fingerprint density at radius 3 is 2.67 bits per heavy atom. The van der Waals surface area contributed by atoms with Gasteiger partial charge in [0.25, 0.3) is 0 Å². The number of nitrogens with zero attached hydrogens (tertiary/aromatic N) is 7. The highest BCUT2D eigenvalue weighted by molar-refractivity contribution is 5.78. The summed E-state index contributed by atoms with van der Waals surface area (Å²) < 4.78 is 16.8.